The Balaban J connectivity index is 1.79. The first-order valence-corrected chi connectivity index (χ1v) is 9.27. The van der Waals surface area contributed by atoms with Crippen LogP contribution in [0.2, 0.25) is 0 Å². The molecule has 0 amide bonds. The molecule has 1 N–H and O–H groups in total. The standard InChI is InChI=1S/C18H15NO4S/c20-24(21,22)11-3-6-17-19-18-15-8-7-12-4-1-2-5-13(12)14(15)9-10-16(18)23-17/h1-2,4-5,7-10H,3,6,11H2,(H,20,21,22). The highest BCUT2D eigenvalue weighted by Gasteiger charge is 2.12. The summed E-state index contributed by atoms with van der Waals surface area (Å²) in [4.78, 5) is 4.52. The second kappa shape index (κ2) is 5.58. The van der Waals surface area contributed by atoms with Crippen molar-refractivity contribution in [1.29, 1.82) is 0 Å². The lowest BCUT2D eigenvalue weighted by molar-refractivity contribution is 0.477. The van der Waals surface area contributed by atoms with Crippen molar-refractivity contribution in [3.05, 3.63) is 54.4 Å². The van der Waals surface area contributed by atoms with Crippen LogP contribution in [0.15, 0.2) is 52.9 Å². The van der Waals surface area contributed by atoms with Gasteiger partial charge in [-0.3, -0.25) is 4.55 Å². The van der Waals surface area contributed by atoms with Crippen molar-refractivity contribution in [3.63, 3.8) is 0 Å². The molecular formula is C18H15NO4S. The highest BCUT2D eigenvalue weighted by Crippen LogP contribution is 2.31. The highest BCUT2D eigenvalue weighted by atomic mass is 32.2. The topological polar surface area (TPSA) is 80.4 Å². The van der Waals surface area contributed by atoms with Gasteiger partial charge in [0, 0.05) is 11.8 Å². The van der Waals surface area contributed by atoms with E-state index in [9.17, 15) is 8.42 Å². The third-order valence-electron chi connectivity index (χ3n) is 4.12. The van der Waals surface area contributed by atoms with E-state index in [1.54, 1.807) is 0 Å². The quantitative estimate of drug-likeness (QED) is 0.449. The number of aryl methyl sites for hydroxylation is 1. The van der Waals surface area contributed by atoms with Crippen LogP contribution in [-0.2, 0) is 16.5 Å². The van der Waals surface area contributed by atoms with E-state index in [1.165, 1.54) is 5.39 Å². The summed E-state index contributed by atoms with van der Waals surface area (Å²) in [6, 6.07) is 16.2. The molecule has 0 unspecified atom stereocenters. The van der Waals surface area contributed by atoms with Gasteiger partial charge in [0.25, 0.3) is 10.1 Å². The van der Waals surface area contributed by atoms with Crippen LogP contribution in [0.25, 0.3) is 32.6 Å². The first-order valence-electron chi connectivity index (χ1n) is 7.66. The highest BCUT2D eigenvalue weighted by molar-refractivity contribution is 7.85. The molecular weight excluding hydrogens is 326 g/mol. The summed E-state index contributed by atoms with van der Waals surface area (Å²) in [5.74, 6) is 0.186. The Kier molecular flexibility index (Phi) is 3.51. The Labute approximate surface area is 138 Å². The van der Waals surface area contributed by atoms with Gasteiger partial charge in [0.15, 0.2) is 11.5 Å². The molecule has 0 spiro atoms. The summed E-state index contributed by atoms with van der Waals surface area (Å²) in [5, 5.41) is 4.45. The van der Waals surface area contributed by atoms with Gasteiger partial charge in [0.2, 0.25) is 0 Å². The van der Waals surface area contributed by atoms with Crippen LogP contribution >= 0.6 is 0 Å². The monoisotopic (exact) mass is 341 g/mol. The maximum atomic E-state index is 10.8. The van der Waals surface area contributed by atoms with Crippen LogP contribution in [0.1, 0.15) is 12.3 Å². The molecule has 4 rings (SSSR count). The molecule has 24 heavy (non-hydrogen) atoms. The van der Waals surface area contributed by atoms with Crippen LogP contribution in [0.4, 0.5) is 0 Å². The zero-order valence-corrected chi connectivity index (χ0v) is 13.6. The Morgan fingerprint density at radius 3 is 2.58 bits per heavy atom. The second-order valence-electron chi connectivity index (χ2n) is 5.79. The van der Waals surface area contributed by atoms with Gasteiger partial charge >= 0.3 is 0 Å². The number of aromatic nitrogens is 1. The van der Waals surface area contributed by atoms with E-state index in [1.807, 2.05) is 30.3 Å². The smallest absolute Gasteiger partial charge is 0.264 e. The Morgan fingerprint density at radius 1 is 0.958 bits per heavy atom. The van der Waals surface area contributed by atoms with Crippen molar-refractivity contribution in [3.8, 4) is 0 Å². The molecule has 0 radical (unpaired) electrons. The van der Waals surface area contributed by atoms with Crippen molar-refractivity contribution in [2.45, 2.75) is 12.8 Å². The number of fused-ring (bicyclic) bond motifs is 5. The third-order valence-corrected chi connectivity index (χ3v) is 4.92. The normalized spacial score (nSPS) is 12.4. The number of hydrogen-bond donors (Lipinski definition) is 1. The average molecular weight is 341 g/mol. The van der Waals surface area contributed by atoms with Gasteiger partial charge in [-0.05, 0) is 34.7 Å². The molecule has 0 saturated carbocycles. The maximum Gasteiger partial charge on any atom is 0.264 e. The van der Waals surface area contributed by atoms with Gasteiger partial charge in [0.1, 0.15) is 5.52 Å². The SMILES string of the molecule is O=S(=O)(O)CCCc1nc2c(ccc3c4ccccc4ccc32)o1. The third kappa shape index (κ3) is 2.74. The fourth-order valence-corrected chi connectivity index (χ4v) is 3.55. The number of benzene rings is 3. The lowest BCUT2D eigenvalue weighted by atomic mass is 10.0. The zero-order chi connectivity index (χ0) is 16.7. The molecule has 0 bridgehead atoms. The predicted octanol–water partition coefficient (Wildman–Crippen LogP) is 3.95. The molecule has 122 valence electrons. The predicted molar refractivity (Wildman–Crippen MR) is 93.8 cm³/mol. The van der Waals surface area contributed by atoms with Crippen LogP contribution in [0.5, 0.6) is 0 Å². The lowest BCUT2D eigenvalue weighted by Crippen LogP contribution is -2.04. The van der Waals surface area contributed by atoms with Crippen molar-refractivity contribution in [2.75, 3.05) is 5.75 Å². The van der Waals surface area contributed by atoms with E-state index in [-0.39, 0.29) is 12.2 Å². The summed E-state index contributed by atoms with van der Waals surface area (Å²) >= 11 is 0. The maximum absolute atomic E-state index is 10.8. The summed E-state index contributed by atoms with van der Waals surface area (Å²) in [7, 11) is -3.95. The fourth-order valence-electron chi connectivity index (χ4n) is 3.04. The Hall–Kier alpha value is -2.44. The Morgan fingerprint density at radius 2 is 1.75 bits per heavy atom. The molecule has 0 fully saturated rings. The molecule has 0 aliphatic heterocycles. The Bertz CT molecular complexity index is 1160. The summed E-state index contributed by atoms with van der Waals surface area (Å²) in [6.45, 7) is 0. The van der Waals surface area contributed by atoms with Crippen molar-refractivity contribution in [1.82, 2.24) is 4.98 Å². The number of oxazole rings is 1. The van der Waals surface area contributed by atoms with Crippen LogP contribution in [-0.4, -0.2) is 23.7 Å². The van der Waals surface area contributed by atoms with E-state index in [0.29, 0.717) is 17.9 Å². The molecule has 0 atom stereocenters. The van der Waals surface area contributed by atoms with Crippen molar-refractivity contribution in [2.24, 2.45) is 0 Å². The van der Waals surface area contributed by atoms with Gasteiger partial charge in [-0.1, -0.05) is 36.4 Å². The van der Waals surface area contributed by atoms with E-state index < -0.39 is 10.1 Å². The van der Waals surface area contributed by atoms with Gasteiger partial charge in [0.05, 0.1) is 5.75 Å². The molecule has 4 aromatic rings. The number of rotatable bonds is 4. The molecule has 3 aromatic carbocycles. The zero-order valence-electron chi connectivity index (χ0n) is 12.8. The van der Waals surface area contributed by atoms with Crippen LogP contribution < -0.4 is 0 Å². The van der Waals surface area contributed by atoms with E-state index in [0.717, 1.165) is 21.7 Å². The minimum Gasteiger partial charge on any atom is -0.441 e. The lowest BCUT2D eigenvalue weighted by Gasteiger charge is -2.03. The van der Waals surface area contributed by atoms with Gasteiger partial charge in [-0.25, -0.2) is 4.98 Å². The van der Waals surface area contributed by atoms with E-state index in [2.05, 4.69) is 23.2 Å². The van der Waals surface area contributed by atoms with Crippen molar-refractivity contribution >= 4 is 42.8 Å². The van der Waals surface area contributed by atoms with Gasteiger partial charge < -0.3 is 4.42 Å². The first kappa shape index (κ1) is 15.1. The largest absolute Gasteiger partial charge is 0.441 e. The summed E-state index contributed by atoms with van der Waals surface area (Å²) < 4.78 is 36.1. The molecule has 5 nitrogen and oxygen atoms in total. The average Bonchev–Trinajstić information content (AvgIpc) is 2.96. The molecule has 0 saturated heterocycles. The fraction of sp³-hybridized carbons (Fsp3) is 0.167. The molecule has 1 heterocycles. The van der Waals surface area contributed by atoms with Gasteiger partial charge in [-0.15, -0.1) is 0 Å². The molecule has 1 aromatic heterocycles. The number of nitrogens with zero attached hydrogens (tertiary/aromatic N) is 1. The molecule has 6 heteroatoms. The first-order chi connectivity index (χ1) is 11.5. The number of hydrogen-bond acceptors (Lipinski definition) is 4. The summed E-state index contributed by atoms with van der Waals surface area (Å²) in [6.07, 6.45) is 0.635. The van der Waals surface area contributed by atoms with Crippen LogP contribution in [0, 0.1) is 0 Å². The second-order valence-corrected chi connectivity index (χ2v) is 7.36. The van der Waals surface area contributed by atoms with Crippen LogP contribution in [0.3, 0.4) is 0 Å². The van der Waals surface area contributed by atoms with Gasteiger partial charge in [-0.2, -0.15) is 8.42 Å². The minimum atomic E-state index is -3.95. The molecule has 0 aliphatic carbocycles. The van der Waals surface area contributed by atoms with Crippen molar-refractivity contribution < 1.29 is 17.4 Å². The van der Waals surface area contributed by atoms with E-state index in [4.69, 9.17) is 8.97 Å². The molecule has 0 aliphatic rings. The summed E-state index contributed by atoms with van der Waals surface area (Å²) in [5.41, 5.74) is 1.46. The minimum absolute atomic E-state index is 0.270. The van der Waals surface area contributed by atoms with E-state index >= 15 is 0 Å².